The summed E-state index contributed by atoms with van der Waals surface area (Å²) >= 11 is 1.82. The summed E-state index contributed by atoms with van der Waals surface area (Å²) in [6, 6.07) is 28.5. The fourth-order valence-corrected chi connectivity index (χ4v) is 4.92. The highest BCUT2D eigenvalue weighted by atomic mass is 32.2. The third kappa shape index (κ3) is 2.39. The summed E-state index contributed by atoms with van der Waals surface area (Å²) in [5.74, 6) is 0.947. The molecule has 0 saturated carbocycles. The van der Waals surface area contributed by atoms with Crippen molar-refractivity contribution in [2.45, 2.75) is 16.6 Å². The van der Waals surface area contributed by atoms with Crippen LogP contribution in [0, 0.1) is 0 Å². The van der Waals surface area contributed by atoms with E-state index in [1.807, 2.05) is 72.4 Å². The van der Waals surface area contributed by atoms with Gasteiger partial charge in [-0.25, -0.2) is 0 Å². The van der Waals surface area contributed by atoms with E-state index in [-0.39, 0.29) is 5.25 Å². The van der Waals surface area contributed by atoms with Crippen molar-refractivity contribution >= 4 is 11.8 Å². The van der Waals surface area contributed by atoms with Crippen LogP contribution >= 0.6 is 11.8 Å². The lowest BCUT2D eigenvalue weighted by molar-refractivity contribution is 0.0783. The molecule has 0 unspecified atom stereocenters. The summed E-state index contributed by atoms with van der Waals surface area (Å²) in [5, 5.41) is 11.9. The zero-order chi connectivity index (χ0) is 15.7. The molecular formula is C21H18OS. The topological polar surface area (TPSA) is 20.2 Å². The smallest absolute Gasteiger partial charge is 0.130 e. The molecule has 2 heteroatoms. The molecule has 0 aliphatic carbocycles. The molecule has 0 bridgehead atoms. The molecule has 4 rings (SSSR count). The number of hydrogen-bond donors (Lipinski definition) is 1. The molecular weight excluding hydrogens is 300 g/mol. The number of aliphatic hydroxyl groups is 1. The fraction of sp³-hybridized carbons (Fsp3) is 0.143. The first-order chi connectivity index (χ1) is 11.3. The molecule has 3 aromatic carbocycles. The first-order valence-corrected chi connectivity index (χ1v) is 8.88. The van der Waals surface area contributed by atoms with Gasteiger partial charge < -0.3 is 5.11 Å². The van der Waals surface area contributed by atoms with Gasteiger partial charge >= 0.3 is 0 Å². The lowest BCUT2D eigenvalue weighted by atomic mass is 9.80. The number of hydrogen-bond acceptors (Lipinski definition) is 2. The van der Waals surface area contributed by atoms with Crippen LogP contribution in [0.4, 0.5) is 0 Å². The maximum atomic E-state index is 11.9. The van der Waals surface area contributed by atoms with Gasteiger partial charge in [0.1, 0.15) is 5.60 Å². The molecule has 1 atom stereocenters. The maximum Gasteiger partial charge on any atom is 0.130 e. The Morgan fingerprint density at radius 3 is 1.87 bits per heavy atom. The predicted molar refractivity (Wildman–Crippen MR) is 96.4 cm³/mol. The van der Waals surface area contributed by atoms with Crippen molar-refractivity contribution in [1.82, 2.24) is 0 Å². The maximum absolute atomic E-state index is 11.9. The van der Waals surface area contributed by atoms with Gasteiger partial charge in [-0.05, 0) is 22.3 Å². The number of thioether (sulfide) groups is 1. The van der Waals surface area contributed by atoms with Crippen LogP contribution in [0.2, 0.25) is 0 Å². The van der Waals surface area contributed by atoms with E-state index < -0.39 is 5.60 Å². The van der Waals surface area contributed by atoms with Crippen molar-refractivity contribution in [3.63, 3.8) is 0 Å². The average Bonchev–Trinajstić information content (AvgIpc) is 3.07. The first kappa shape index (κ1) is 14.6. The van der Waals surface area contributed by atoms with Crippen LogP contribution in [0.15, 0.2) is 84.9 Å². The summed E-state index contributed by atoms with van der Waals surface area (Å²) in [5.41, 5.74) is 3.43. The van der Waals surface area contributed by atoms with E-state index in [4.69, 9.17) is 0 Å². The Hall–Kier alpha value is -2.03. The molecule has 0 saturated heterocycles. The highest BCUT2D eigenvalue weighted by Crippen LogP contribution is 2.54. The Morgan fingerprint density at radius 1 is 0.739 bits per heavy atom. The van der Waals surface area contributed by atoms with E-state index in [1.54, 1.807) is 0 Å². The summed E-state index contributed by atoms with van der Waals surface area (Å²) in [6.45, 7) is 0. The highest BCUT2D eigenvalue weighted by molar-refractivity contribution is 7.99. The summed E-state index contributed by atoms with van der Waals surface area (Å²) in [4.78, 5) is 0. The quantitative estimate of drug-likeness (QED) is 0.740. The second-order valence-corrected chi connectivity index (χ2v) is 6.98. The van der Waals surface area contributed by atoms with Crippen LogP contribution in [0.5, 0.6) is 0 Å². The van der Waals surface area contributed by atoms with Crippen molar-refractivity contribution < 1.29 is 5.11 Å². The Morgan fingerprint density at radius 2 is 1.26 bits per heavy atom. The monoisotopic (exact) mass is 318 g/mol. The van der Waals surface area contributed by atoms with E-state index in [1.165, 1.54) is 11.1 Å². The van der Waals surface area contributed by atoms with Crippen molar-refractivity contribution in [3.8, 4) is 0 Å². The Bertz CT molecular complexity index is 759. The van der Waals surface area contributed by atoms with E-state index in [0.29, 0.717) is 0 Å². The third-order valence-corrected chi connectivity index (χ3v) is 5.96. The van der Waals surface area contributed by atoms with Gasteiger partial charge in [0.05, 0.1) is 5.25 Å². The second kappa shape index (κ2) is 5.88. The van der Waals surface area contributed by atoms with Gasteiger partial charge in [0.25, 0.3) is 0 Å². The van der Waals surface area contributed by atoms with E-state index in [2.05, 4.69) is 24.3 Å². The summed E-state index contributed by atoms with van der Waals surface area (Å²) < 4.78 is 0. The highest BCUT2D eigenvalue weighted by Gasteiger charge is 2.44. The minimum absolute atomic E-state index is 0.00324. The van der Waals surface area contributed by atoms with Crippen LogP contribution in [0.25, 0.3) is 0 Å². The number of rotatable bonds is 3. The van der Waals surface area contributed by atoms with Gasteiger partial charge in [-0.1, -0.05) is 84.9 Å². The van der Waals surface area contributed by atoms with Gasteiger partial charge in [-0.15, -0.1) is 11.8 Å². The Balaban J connectivity index is 1.91. The van der Waals surface area contributed by atoms with Crippen molar-refractivity contribution in [1.29, 1.82) is 0 Å². The standard InChI is InChI=1S/C21H18OS/c22-21(17-10-3-1-4-11-17,18-12-5-2-6-13-18)20-19-14-8-7-9-16(19)15-23-20/h1-14,20,22H,15H2/t20-/m1/s1. The minimum Gasteiger partial charge on any atom is -0.379 e. The van der Waals surface area contributed by atoms with Crippen LogP contribution in [-0.4, -0.2) is 5.11 Å². The van der Waals surface area contributed by atoms with Crippen LogP contribution < -0.4 is 0 Å². The first-order valence-electron chi connectivity index (χ1n) is 7.83. The molecule has 1 N–H and O–H groups in total. The number of fused-ring (bicyclic) bond motifs is 1. The Kier molecular flexibility index (Phi) is 3.72. The van der Waals surface area contributed by atoms with Crippen LogP contribution in [0.3, 0.4) is 0 Å². The molecule has 1 aliphatic heterocycles. The molecule has 0 fully saturated rings. The average molecular weight is 318 g/mol. The van der Waals surface area contributed by atoms with E-state index in [9.17, 15) is 5.11 Å². The molecule has 1 nitrogen and oxygen atoms in total. The van der Waals surface area contributed by atoms with Gasteiger partial charge in [0.2, 0.25) is 0 Å². The van der Waals surface area contributed by atoms with E-state index in [0.717, 1.165) is 16.9 Å². The fourth-order valence-electron chi connectivity index (χ4n) is 3.38. The molecule has 3 aromatic rings. The van der Waals surface area contributed by atoms with Gasteiger partial charge in [0.15, 0.2) is 0 Å². The van der Waals surface area contributed by atoms with Crippen LogP contribution in [-0.2, 0) is 11.4 Å². The zero-order valence-corrected chi connectivity index (χ0v) is 13.5. The summed E-state index contributed by atoms with van der Waals surface area (Å²) in [7, 11) is 0. The molecule has 1 heterocycles. The molecule has 0 spiro atoms. The van der Waals surface area contributed by atoms with Gasteiger partial charge in [-0.2, -0.15) is 0 Å². The number of benzene rings is 3. The van der Waals surface area contributed by atoms with Crippen LogP contribution in [0.1, 0.15) is 27.5 Å². The van der Waals surface area contributed by atoms with Gasteiger partial charge in [0, 0.05) is 5.75 Å². The second-order valence-electron chi connectivity index (χ2n) is 5.89. The molecule has 0 aromatic heterocycles. The van der Waals surface area contributed by atoms with Crippen molar-refractivity contribution in [3.05, 3.63) is 107 Å². The zero-order valence-electron chi connectivity index (χ0n) is 12.7. The van der Waals surface area contributed by atoms with Crippen molar-refractivity contribution in [2.24, 2.45) is 0 Å². The predicted octanol–water partition coefficient (Wildman–Crippen LogP) is 4.91. The third-order valence-electron chi connectivity index (χ3n) is 4.55. The SMILES string of the molecule is OC(c1ccccc1)(c1ccccc1)[C@@H]1SCc2ccccc21. The molecule has 1 aliphatic rings. The Labute approximate surface area is 141 Å². The van der Waals surface area contributed by atoms with Gasteiger partial charge in [-0.3, -0.25) is 0 Å². The largest absolute Gasteiger partial charge is 0.379 e. The summed E-state index contributed by atoms with van der Waals surface area (Å²) in [6.07, 6.45) is 0. The van der Waals surface area contributed by atoms with Crippen molar-refractivity contribution in [2.75, 3.05) is 0 Å². The molecule has 23 heavy (non-hydrogen) atoms. The normalized spacial score (nSPS) is 17.0. The lowest BCUT2D eigenvalue weighted by Crippen LogP contribution is -2.32. The molecule has 0 radical (unpaired) electrons. The lowest BCUT2D eigenvalue weighted by Gasteiger charge is -2.35. The molecule has 114 valence electrons. The van der Waals surface area contributed by atoms with E-state index >= 15 is 0 Å². The molecule has 0 amide bonds. The minimum atomic E-state index is -1.03.